The van der Waals surface area contributed by atoms with Crippen molar-refractivity contribution in [2.24, 2.45) is 0 Å². The Morgan fingerprint density at radius 2 is 1.16 bits per heavy atom. The van der Waals surface area contributed by atoms with E-state index in [1.165, 1.54) is 11.1 Å². The molecule has 9 rings (SSSR count). The van der Waals surface area contributed by atoms with E-state index in [0.29, 0.717) is 0 Å². The molecule has 5 heteroatoms. The lowest BCUT2D eigenvalue weighted by atomic mass is 9.35. The smallest absolute Gasteiger partial charge is 0.260 e. The van der Waals surface area contributed by atoms with Gasteiger partial charge in [-0.2, -0.15) is 0 Å². The van der Waals surface area contributed by atoms with E-state index in [2.05, 4.69) is 110 Å². The van der Waals surface area contributed by atoms with Crippen molar-refractivity contribution in [1.82, 2.24) is 0 Å². The second-order valence-electron chi connectivity index (χ2n) is 11.5. The highest BCUT2D eigenvalue weighted by molar-refractivity contribution is 6.98. The van der Waals surface area contributed by atoms with E-state index in [1.807, 2.05) is 30.3 Å². The predicted octanol–water partition coefficient (Wildman–Crippen LogP) is 8.40. The highest BCUT2D eigenvalue weighted by Gasteiger charge is 2.41. The molecule has 0 fully saturated rings. The van der Waals surface area contributed by atoms with Gasteiger partial charge in [-0.3, -0.25) is 0 Å². The van der Waals surface area contributed by atoms with Crippen LogP contribution < -0.4 is 30.8 Å². The molecule has 0 atom stereocenters. The maximum atomic E-state index is 6.71. The van der Waals surface area contributed by atoms with Crippen LogP contribution in [0.5, 0.6) is 23.0 Å². The Bertz CT molecular complexity index is 2170. The summed E-state index contributed by atoms with van der Waals surface area (Å²) >= 11 is 0. The first kappa shape index (κ1) is 24.2. The van der Waals surface area contributed by atoms with Gasteiger partial charge in [-0.1, -0.05) is 71.8 Å². The molecule has 2 aliphatic rings. The second kappa shape index (κ2) is 9.04. The van der Waals surface area contributed by atoms with Crippen molar-refractivity contribution in [2.45, 2.75) is 13.8 Å². The van der Waals surface area contributed by atoms with Crippen LogP contribution in [0.15, 0.2) is 126 Å². The fraction of sp³-hybridized carbons (Fsp3) is 0.0526. The normalized spacial score (nSPS) is 12.7. The standard InChI is InChI=1S/C38H26BNO3/c1-23-10-14-25(15-11-23)40(26-16-12-24(2)13-17-26)27-18-19-28-29-20-21-31-38(37(29)43-35(28)22-27)42-34-9-5-8-33-36(34)39(31)30-6-3-4-7-32(30)41-33/h3-22H,1-2H3. The molecule has 0 spiro atoms. The summed E-state index contributed by atoms with van der Waals surface area (Å²) in [5, 5.41) is 2.10. The maximum absolute atomic E-state index is 6.71. The average molecular weight is 555 g/mol. The van der Waals surface area contributed by atoms with Crippen molar-refractivity contribution in [3.8, 4) is 23.0 Å². The molecule has 0 N–H and O–H groups in total. The molecule has 43 heavy (non-hydrogen) atoms. The van der Waals surface area contributed by atoms with E-state index in [0.717, 1.165) is 78.4 Å². The van der Waals surface area contributed by atoms with Crippen molar-refractivity contribution in [3.05, 3.63) is 132 Å². The van der Waals surface area contributed by atoms with Gasteiger partial charge in [0.15, 0.2) is 11.3 Å². The van der Waals surface area contributed by atoms with Crippen LogP contribution in [-0.4, -0.2) is 6.71 Å². The quantitative estimate of drug-likeness (QED) is 0.205. The zero-order valence-electron chi connectivity index (χ0n) is 23.8. The lowest BCUT2D eigenvalue weighted by Gasteiger charge is -2.32. The Morgan fingerprint density at radius 3 is 1.91 bits per heavy atom. The summed E-state index contributed by atoms with van der Waals surface area (Å²) in [5.41, 5.74) is 10.5. The number of benzene rings is 6. The van der Waals surface area contributed by atoms with Gasteiger partial charge in [0.05, 0.1) is 0 Å². The van der Waals surface area contributed by atoms with Gasteiger partial charge < -0.3 is 18.8 Å². The number of fused-ring (bicyclic) bond motifs is 8. The van der Waals surface area contributed by atoms with Crippen LogP contribution in [0.25, 0.3) is 21.9 Å². The SMILES string of the molecule is Cc1ccc(N(c2ccc(C)cc2)c2ccc3c(c2)oc2c4c(ccc23)B2c3ccccc3Oc3cccc(c32)O4)cc1. The molecule has 0 amide bonds. The summed E-state index contributed by atoms with van der Waals surface area (Å²) in [5.74, 6) is 3.30. The Kier molecular flexibility index (Phi) is 5.09. The number of rotatable bonds is 3. The van der Waals surface area contributed by atoms with Crippen molar-refractivity contribution in [2.75, 3.05) is 4.90 Å². The lowest BCUT2D eigenvalue weighted by Crippen LogP contribution is -2.57. The molecule has 6 aromatic carbocycles. The Balaban J connectivity index is 1.23. The van der Waals surface area contributed by atoms with Gasteiger partial charge in [0.2, 0.25) is 0 Å². The Morgan fingerprint density at radius 1 is 0.535 bits per heavy atom. The minimum absolute atomic E-state index is 0.00615. The summed E-state index contributed by atoms with van der Waals surface area (Å²) in [7, 11) is 0. The Hall–Kier alpha value is -5.42. The monoisotopic (exact) mass is 555 g/mol. The van der Waals surface area contributed by atoms with Crippen LogP contribution in [0.4, 0.5) is 17.1 Å². The first-order valence-electron chi connectivity index (χ1n) is 14.6. The van der Waals surface area contributed by atoms with Crippen LogP contribution in [0.3, 0.4) is 0 Å². The highest BCUT2D eigenvalue weighted by atomic mass is 16.5. The van der Waals surface area contributed by atoms with Crippen LogP contribution in [0, 0.1) is 13.8 Å². The Labute approximate surface area is 249 Å². The zero-order chi connectivity index (χ0) is 28.7. The van der Waals surface area contributed by atoms with Gasteiger partial charge >= 0.3 is 0 Å². The van der Waals surface area contributed by atoms with E-state index in [1.54, 1.807) is 0 Å². The fourth-order valence-electron chi connectivity index (χ4n) is 6.63. The van der Waals surface area contributed by atoms with Crippen LogP contribution >= 0.6 is 0 Å². The first-order chi connectivity index (χ1) is 21.1. The number of para-hydroxylation sites is 1. The van der Waals surface area contributed by atoms with Gasteiger partial charge in [-0.15, -0.1) is 0 Å². The number of hydrogen-bond donors (Lipinski definition) is 0. The molecule has 0 bridgehead atoms. The molecule has 0 saturated heterocycles. The molecule has 1 aromatic heterocycles. The summed E-state index contributed by atoms with van der Waals surface area (Å²) in [6.45, 7) is 4.23. The molecular formula is C38H26BNO3. The first-order valence-corrected chi connectivity index (χ1v) is 14.6. The molecule has 3 heterocycles. The van der Waals surface area contributed by atoms with Gasteiger partial charge in [0, 0.05) is 39.4 Å². The molecule has 0 saturated carbocycles. The molecule has 0 unspecified atom stereocenters. The summed E-state index contributed by atoms with van der Waals surface area (Å²) < 4.78 is 19.6. The minimum Gasteiger partial charge on any atom is -0.458 e. The van der Waals surface area contributed by atoms with Gasteiger partial charge in [-0.05, 0) is 79.4 Å². The van der Waals surface area contributed by atoms with E-state index in [9.17, 15) is 0 Å². The summed E-state index contributed by atoms with van der Waals surface area (Å²) in [6.07, 6.45) is 0. The largest absolute Gasteiger partial charge is 0.458 e. The molecule has 2 aliphatic heterocycles. The van der Waals surface area contributed by atoms with Crippen molar-refractivity contribution < 1.29 is 13.9 Å². The third-order valence-electron chi connectivity index (χ3n) is 8.74. The van der Waals surface area contributed by atoms with E-state index >= 15 is 0 Å². The molecule has 4 nitrogen and oxygen atoms in total. The van der Waals surface area contributed by atoms with Crippen molar-refractivity contribution >= 4 is 62.1 Å². The molecule has 7 aromatic rings. The van der Waals surface area contributed by atoms with Gasteiger partial charge in [0.1, 0.15) is 22.8 Å². The summed E-state index contributed by atoms with van der Waals surface area (Å²) in [4.78, 5) is 2.27. The third kappa shape index (κ3) is 3.64. The number of nitrogens with zero attached hydrogens (tertiary/aromatic N) is 1. The van der Waals surface area contributed by atoms with E-state index in [-0.39, 0.29) is 6.71 Å². The maximum Gasteiger partial charge on any atom is 0.260 e. The molecule has 0 aliphatic carbocycles. The second-order valence-corrected chi connectivity index (χ2v) is 11.5. The van der Waals surface area contributed by atoms with Crippen molar-refractivity contribution in [3.63, 3.8) is 0 Å². The fourth-order valence-corrected chi connectivity index (χ4v) is 6.63. The predicted molar refractivity (Wildman–Crippen MR) is 176 cm³/mol. The number of aryl methyl sites for hydroxylation is 2. The zero-order valence-corrected chi connectivity index (χ0v) is 23.8. The lowest BCUT2D eigenvalue weighted by molar-refractivity contribution is 0.461. The van der Waals surface area contributed by atoms with E-state index in [4.69, 9.17) is 13.9 Å². The minimum atomic E-state index is 0.00615. The van der Waals surface area contributed by atoms with Crippen LogP contribution in [0.1, 0.15) is 11.1 Å². The number of ether oxygens (including phenoxy) is 2. The van der Waals surface area contributed by atoms with Crippen LogP contribution in [-0.2, 0) is 0 Å². The number of anilines is 3. The van der Waals surface area contributed by atoms with Gasteiger partial charge in [-0.25, -0.2) is 0 Å². The summed E-state index contributed by atoms with van der Waals surface area (Å²) in [6, 6.07) is 42.4. The third-order valence-corrected chi connectivity index (χ3v) is 8.74. The van der Waals surface area contributed by atoms with Gasteiger partial charge in [0.25, 0.3) is 6.71 Å². The van der Waals surface area contributed by atoms with Crippen LogP contribution in [0.2, 0.25) is 0 Å². The van der Waals surface area contributed by atoms with Crippen molar-refractivity contribution in [1.29, 1.82) is 0 Å². The molecule has 204 valence electrons. The number of furan rings is 1. The molecule has 0 radical (unpaired) electrons. The topological polar surface area (TPSA) is 34.8 Å². The highest BCUT2D eigenvalue weighted by Crippen LogP contribution is 2.43. The molecular weight excluding hydrogens is 529 g/mol. The number of hydrogen-bond acceptors (Lipinski definition) is 4. The van der Waals surface area contributed by atoms with E-state index < -0.39 is 0 Å². The average Bonchev–Trinajstić information content (AvgIpc) is 3.41.